The molecule has 2 fully saturated rings. The summed E-state index contributed by atoms with van der Waals surface area (Å²) < 4.78 is 0. The summed E-state index contributed by atoms with van der Waals surface area (Å²) in [4.78, 5) is 25.0. The van der Waals surface area contributed by atoms with Crippen molar-refractivity contribution in [1.29, 1.82) is 0 Å². The summed E-state index contributed by atoms with van der Waals surface area (Å²) >= 11 is 0. The monoisotopic (exact) mass is 326 g/mol. The fourth-order valence-corrected chi connectivity index (χ4v) is 3.35. The molecule has 0 unspecified atom stereocenters. The Kier molecular flexibility index (Phi) is 3.92. The average molecular weight is 326 g/mol. The molecule has 1 aliphatic heterocycles. The Bertz CT molecular complexity index is 703. The van der Waals surface area contributed by atoms with Crippen molar-refractivity contribution in [3.63, 3.8) is 0 Å². The van der Waals surface area contributed by atoms with Crippen LogP contribution in [0.1, 0.15) is 47.8 Å². The predicted molar refractivity (Wildman–Crippen MR) is 89.9 cm³/mol. The van der Waals surface area contributed by atoms with Crippen LogP contribution in [-0.2, 0) is 0 Å². The summed E-state index contributed by atoms with van der Waals surface area (Å²) in [5.41, 5.74) is 1.66. The number of aromatic nitrogens is 4. The van der Waals surface area contributed by atoms with Crippen molar-refractivity contribution in [2.24, 2.45) is 0 Å². The molecule has 0 aromatic carbocycles. The van der Waals surface area contributed by atoms with E-state index >= 15 is 0 Å². The smallest absolute Gasteiger partial charge is 0.274 e. The van der Waals surface area contributed by atoms with Crippen LogP contribution in [0.15, 0.2) is 24.7 Å². The minimum absolute atomic E-state index is 0.0429. The van der Waals surface area contributed by atoms with E-state index in [1.54, 1.807) is 12.5 Å². The van der Waals surface area contributed by atoms with E-state index in [9.17, 15) is 4.79 Å². The maximum atomic E-state index is 12.6. The maximum Gasteiger partial charge on any atom is 0.274 e. The molecule has 1 amide bonds. The van der Waals surface area contributed by atoms with Gasteiger partial charge >= 0.3 is 0 Å². The number of anilines is 1. The molecule has 0 bridgehead atoms. The van der Waals surface area contributed by atoms with E-state index in [-0.39, 0.29) is 5.91 Å². The summed E-state index contributed by atoms with van der Waals surface area (Å²) in [6.07, 6.45) is 7.61. The summed E-state index contributed by atoms with van der Waals surface area (Å²) in [5, 5.41) is 7.23. The second-order valence-corrected chi connectivity index (χ2v) is 6.68. The number of carbonyl (C=O) groups excluding carboxylic acids is 1. The Morgan fingerprint density at radius 3 is 2.75 bits per heavy atom. The largest absolute Gasteiger partial charge is 0.356 e. The van der Waals surface area contributed by atoms with Gasteiger partial charge < -0.3 is 9.80 Å². The first kappa shape index (κ1) is 15.1. The van der Waals surface area contributed by atoms with Crippen LogP contribution in [0.5, 0.6) is 0 Å². The number of H-pyrrole nitrogens is 1. The minimum Gasteiger partial charge on any atom is -0.356 e. The van der Waals surface area contributed by atoms with Crippen LogP contribution in [0.4, 0.5) is 5.82 Å². The minimum atomic E-state index is 0.0429. The molecule has 7 heteroatoms. The first-order valence-corrected chi connectivity index (χ1v) is 8.56. The zero-order valence-electron chi connectivity index (χ0n) is 13.9. The van der Waals surface area contributed by atoms with Crippen LogP contribution in [0.25, 0.3) is 0 Å². The molecule has 0 spiro atoms. The van der Waals surface area contributed by atoms with Crippen LogP contribution in [0, 0.1) is 0 Å². The number of aromatic amines is 1. The predicted octanol–water partition coefficient (Wildman–Crippen LogP) is 1.82. The van der Waals surface area contributed by atoms with Crippen molar-refractivity contribution in [3.05, 3.63) is 36.0 Å². The number of nitrogens with one attached hydrogen (secondary N) is 1. The standard InChI is InChI=1S/C17H22N6O/c1-22(16-4-7-18-11-19-16)13-5-8-23(9-6-13)17(24)15-10-14(20-21-15)12-2-3-12/h4,7,10-13H,2-3,5-6,8-9H2,1H3,(H,20,21). The van der Waals surface area contributed by atoms with Gasteiger partial charge in [0.1, 0.15) is 17.8 Å². The SMILES string of the molecule is CN(c1ccncn1)C1CCN(C(=O)c2cc(C3CC3)[nH]n2)CC1. The van der Waals surface area contributed by atoms with Gasteiger partial charge in [0, 0.05) is 44.0 Å². The molecule has 24 heavy (non-hydrogen) atoms. The van der Waals surface area contributed by atoms with E-state index in [1.165, 1.54) is 12.8 Å². The van der Waals surface area contributed by atoms with Crippen LogP contribution < -0.4 is 4.90 Å². The first-order chi connectivity index (χ1) is 11.7. The number of carbonyl (C=O) groups is 1. The number of rotatable bonds is 4. The number of hydrogen-bond acceptors (Lipinski definition) is 5. The summed E-state index contributed by atoms with van der Waals surface area (Å²) in [7, 11) is 2.06. The van der Waals surface area contributed by atoms with Crippen molar-refractivity contribution in [1.82, 2.24) is 25.1 Å². The van der Waals surface area contributed by atoms with E-state index in [0.29, 0.717) is 17.7 Å². The Balaban J connectivity index is 1.36. The van der Waals surface area contributed by atoms with Gasteiger partial charge in [0.05, 0.1) is 0 Å². The van der Waals surface area contributed by atoms with Gasteiger partial charge in [-0.05, 0) is 37.8 Å². The lowest BCUT2D eigenvalue weighted by molar-refractivity contribution is 0.0707. The van der Waals surface area contributed by atoms with Crippen molar-refractivity contribution in [2.75, 3.05) is 25.0 Å². The molecular formula is C17H22N6O. The Morgan fingerprint density at radius 1 is 1.29 bits per heavy atom. The average Bonchev–Trinajstić information content (AvgIpc) is 3.38. The zero-order chi connectivity index (χ0) is 16.5. The molecule has 2 aliphatic rings. The lowest BCUT2D eigenvalue weighted by Gasteiger charge is -2.37. The Labute approximate surface area is 141 Å². The van der Waals surface area contributed by atoms with E-state index in [0.717, 1.165) is 37.4 Å². The number of amides is 1. The molecular weight excluding hydrogens is 304 g/mol. The molecule has 0 atom stereocenters. The molecule has 2 aromatic rings. The van der Waals surface area contributed by atoms with E-state index < -0.39 is 0 Å². The highest BCUT2D eigenvalue weighted by Crippen LogP contribution is 2.39. The van der Waals surface area contributed by atoms with Crippen molar-refractivity contribution in [3.8, 4) is 0 Å². The van der Waals surface area contributed by atoms with Crippen LogP contribution >= 0.6 is 0 Å². The maximum absolute atomic E-state index is 12.6. The summed E-state index contributed by atoms with van der Waals surface area (Å²) in [6, 6.07) is 4.24. The van der Waals surface area contributed by atoms with Gasteiger partial charge in [-0.25, -0.2) is 9.97 Å². The molecule has 126 valence electrons. The number of hydrogen-bond donors (Lipinski definition) is 1. The van der Waals surface area contributed by atoms with Crippen LogP contribution in [-0.4, -0.2) is 57.2 Å². The third-order valence-corrected chi connectivity index (χ3v) is 5.06. The molecule has 3 heterocycles. The summed E-state index contributed by atoms with van der Waals surface area (Å²) in [6.45, 7) is 1.51. The van der Waals surface area contributed by atoms with E-state index in [1.807, 2.05) is 17.0 Å². The fraction of sp³-hybridized carbons (Fsp3) is 0.529. The number of piperidine rings is 1. The summed E-state index contributed by atoms with van der Waals surface area (Å²) in [5.74, 6) is 1.56. The van der Waals surface area contributed by atoms with E-state index in [2.05, 4.69) is 32.1 Å². The van der Waals surface area contributed by atoms with Crippen LogP contribution in [0.2, 0.25) is 0 Å². The lowest BCUT2D eigenvalue weighted by atomic mass is 10.0. The topological polar surface area (TPSA) is 78.0 Å². The normalized spacial score (nSPS) is 18.6. The molecule has 7 nitrogen and oxygen atoms in total. The fourth-order valence-electron chi connectivity index (χ4n) is 3.35. The van der Waals surface area contributed by atoms with Crippen molar-refractivity contribution >= 4 is 11.7 Å². The zero-order valence-corrected chi connectivity index (χ0v) is 13.9. The molecule has 4 rings (SSSR count). The molecule has 1 saturated heterocycles. The van der Waals surface area contributed by atoms with Crippen molar-refractivity contribution in [2.45, 2.75) is 37.6 Å². The molecule has 1 saturated carbocycles. The Hall–Kier alpha value is -2.44. The number of likely N-dealkylation sites (tertiary alicyclic amines) is 1. The highest BCUT2D eigenvalue weighted by molar-refractivity contribution is 5.92. The highest BCUT2D eigenvalue weighted by Gasteiger charge is 2.30. The van der Waals surface area contributed by atoms with Crippen molar-refractivity contribution < 1.29 is 4.79 Å². The highest BCUT2D eigenvalue weighted by atomic mass is 16.2. The second-order valence-electron chi connectivity index (χ2n) is 6.68. The molecule has 1 N–H and O–H groups in total. The van der Waals surface area contributed by atoms with Gasteiger partial charge in [0.25, 0.3) is 5.91 Å². The third kappa shape index (κ3) is 2.98. The van der Waals surface area contributed by atoms with Gasteiger partial charge in [-0.3, -0.25) is 9.89 Å². The third-order valence-electron chi connectivity index (χ3n) is 5.06. The number of nitrogens with zero attached hydrogens (tertiary/aromatic N) is 5. The molecule has 0 radical (unpaired) electrons. The lowest BCUT2D eigenvalue weighted by Crippen LogP contribution is -2.46. The second kappa shape index (κ2) is 6.22. The van der Waals surface area contributed by atoms with Gasteiger partial charge in [0.15, 0.2) is 0 Å². The quantitative estimate of drug-likeness (QED) is 0.927. The Morgan fingerprint density at radius 2 is 2.08 bits per heavy atom. The van der Waals surface area contributed by atoms with Crippen LogP contribution in [0.3, 0.4) is 0 Å². The molecule has 2 aromatic heterocycles. The first-order valence-electron chi connectivity index (χ1n) is 8.56. The van der Waals surface area contributed by atoms with Gasteiger partial charge in [-0.1, -0.05) is 0 Å². The molecule has 1 aliphatic carbocycles. The van der Waals surface area contributed by atoms with Gasteiger partial charge in [-0.15, -0.1) is 0 Å². The van der Waals surface area contributed by atoms with Gasteiger partial charge in [-0.2, -0.15) is 5.10 Å². The van der Waals surface area contributed by atoms with Gasteiger partial charge in [0.2, 0.25) is 0 Å². The van der Waals surface area contributed by atoms with E-state index in [4.69, 9.17) is 0 Å².